The Morgan fingerprint density at radius 2 is 2.14 bits per heavy atom. The lowest BCUT2D eigenvalue weighted by atomic mass is 9.98. The Hall–Kier alpha value is -0.620. The van der Waals surface area contributed by atoms with Gasteiger partial charge in [-0.1, -0.05) is 6.07 Å². The molecule has 4 heteroatoms. The third-order valence-corrected chi connectivity index (χ3v) is 3.04. The SMILES string of the molecule is CC(C)(N)c1ccc2c(I)cnn2c1. The molecule has 0 aliphatic heterocycles. The van der Waals surface area contributed by atoms with Gasteiger partial charge in [-0.3, -0.25) is 0 Å². The zero-order valence-electron chi connectivity index (χ0n) is 8.16. The molecule has 2 N–H and O–H groups in total. The molecule has 0 saturated heterocycles. The predicted octanol–water partition coefficient (Wildman–Crippen LogP) is 2.13. The first kappa shape index (κ1) is 9.92. The number of hydrogen-bond acceptors (Lipinski definition) is 2. The molecule has 74 valence electrons. The second kappa shape index (κ2) is 3.20. The highest BCUT2D eigenvalue weighted by Crippen LogP contribution is 2.19. The van der Waals surface area contributed by atoms with Crippen LogP contribution < -0.4 is 5.73 Å². The number of aromatic nitrogens is 2. The maximum atomic E-state index is 6.01. The van der Waals surface area contributed by atoms with E-state index in [4.69, 9.17) is 5.73 Å². The van der Waals surface area contributed by atoms with Gasteiger partial charge in [-0.15, -0.1) is 0 Å². The molecular formula is C10H12IN3. The summed E-state index contributed by atoms with van der Waals surface area (Å²) in [5.41, 5.74) is 7.91. The zero-order chi connectivity index (χ0) is 10.3. The second-order valence-corrected chi connectivity index (χ2v) is 5.12. The number of rotatable bonds is 1. The Labute approximate surface area is 96.4 Å². The van der Waals surface area contributed by atoms with E-state index in [2.05, 4.69) is 39.8 Å². The summed E-state index contributed by atoms with van der Waals surface area (Å²) in [4.78, 5) is 0. The lowest BCUT2D eigenvalue weighted by Gasteiger charge is -2.18. The number of pyridine rings is 1. The van der Waals surface area contributed by atoms with E-state index in [9.17, 15) is 0 Å². The number of hydrogen-bond donors (Lipinski definition) is 1. The second-order valence-electron chi connectivity index (χ2n) is 3.96. The minimum Gasteiger partial charge on any atom is -0.322 e. The Kier molecular flexibility index (Phi) is 2.27. The zero-order valence-corrected chi connectivity index (χ0v) is 10.3. The molecule has 0 radical (unpaired) electrons. The summed E-state index contributed by atoms with van der Waals surface area (Å²) in [5.74, 6) is 0. The Bertz CT molecular complexity index is 468. The maximum absolute atomic E-state index is 6.01. The van der Waals surface area contributed by atoms with Crippen molar-refractivity contribution in [2.45, 2.75) is 19.4 Å². The van der Waals surface area contributed by atoms with E-state index in [0.29, 0.717) is 0 Å². The highest BCUT2D eigenvalue weighted by Gasteiger charge is 2.14. The van der Waals surface area contributed by atoms with Crippen molar-refractivity contribution in [1.82, 2.24) is 9.61 Å². The normalized spacial score (nSPS) is 12.3. The molecule has 0 bridgehead atoms. The van der Waals surface area contributed by atoms with Crippen LogP contribution in [0.15, 0.2) is 24.5 Å². The van der Waals surface area contributed by atoms with Gasteiger partial charge in [0.2, 0.25) is 0 Å². The Balaban J connectivity index is 2.63. The molecule has 0 fully saturated rings. The van der Waals surface area contributed by atoms with Crippen LogP contribution in [-0.2, 0) is 5.54 Å². The lowest BCUT2D eigenvalue weighted by molar-refractivity contribution is 0.550. The average molecular weight is 301 g/mol. The largest absolute Gasteiger partial charge is 0.322 e. The maximum Gasteiger partial charge on any atom is 0.0795 e. The summed E-state index contributed by atoms with van der Waals surface area (Å²) in [7, 11) is 0. The van der Waals surface area contributed by atoms with Crippen LogP contribution in [0.2, 0.25) is 0 Å². The molecule has 14 heavy (non-hydrogen) atoms. The van der Waals surface area contributed by atoms with Crippen molar-refractivity contribution < 1.29 is 0 Å². The third-order valence-electron chi connectivity index (χ3n) is 2.21. The van der Waals surface area contributed by atoms with Gasteiger partial charge in [-0.05, 0) is 48.1 Å². The van der Waals surface area contributed by atoms with Gasteiger partial charge in [0.05, 0.1) is 15.3 Å². The summed E-state index contributed by atoms with van der Waals surface area (Å²) in [6.07, 6.45) is 3.83. The van der Waals surface area contributed by atoms with E-state index in [0.717, 1.165) is 14.7 Å². The average Bonchev–Trinajstić information content (AvgIpc) is 2.46. The Morgan fingerprint density at radius 3 is 2.79 bits per heavy atom. The van der Waals surface area contributed by atoms with E-state index >= 15 is 0 Å². The molecule has 2 aromatic heterocycles. The van der Waals surface area contributed by atoms with E-state index in [1.54, 1.807) is 0 Å². The van der Waals surface area contributed by atoms with Crippen molar-refractivity contribution in [3.05, 3.63) is 33.7 Å². The van der Waals surface area contributed by atoms with Gasteiger partial charge >= 0.3 is 0 Å². The molecule has 0 atom stereocenters. The summed E-state index contributed by atoms with van der Waals surface area (Å²) in [6.45, 7) is 3.98. The molecule has 2 aromatic rings. The molecule has 0 amide bonds. The molecule has 3 nitrogen and oxygen atoms in total. The van der Waals surface area contributed by atoms with Crippen molar-refractivity contribution >= 4 is 28.1 Å². The highest BCUT2D eigenvalue weighted by atomic mass is 127. The monoisotopic (exact) mass is 301 g/mol. The first-order valence-electron chi connectivity index (χ1n) is 4.41. The molecule has 0 aromatic carbocycles. The van der Waals surface area contributed by atoms with E-state index in [1.807, 2.05) is 30.8 Å². The topological polar surface area (TPSA) is 43.3 Å². The first-order valence-corrected chi connectivity index (χ1v) is 5.48. The summed E-state index contributed by atoms with van der Waals surface area (Å²) in [5, 5.41) is 4.25. The van der Waals surface area contributed by atoms with Crippen LogP contribution in [-0.4, -0.2) is 9.61 Å². The third kappa shape index (κ3) is 1.64. The number of nitrogens with two attached hydrogens (primary N) is 1. The number of halogens is 1. The molecule has 0 unspecified atom stereocenters. The van der Waals surface area contributed by atoms with Crippen molar-refractivity contribution in [1.29, 1.82) is 0 Å². The number of fused-ring (bicyclic) bond motifs is 1. The molecule has 0 aliphatic carbocycles. The molecule has 0 saturated carbocycles. The van der Waals surface area contributed by atoms with Crippen LogP contribution >= 0.6 is 22.6 Å². The van der Waals surface area contributed by atoms with E-state index in [-0.39, 0.29) is 5.54 Å². The molecule has 0 spiro atoms. The van der Waals surface area contributed by atoms with Gasteiger partial charge in [-0.25, -0.2) is 4.52 Å². The fraction of sp³-hybridized carbons (Fsp3) is 0.300. The molecule has 0 aliphatic rings. The highest BCUT2D eigenvalue weighted by molar-refractivity contribution is 14.1. The van der Waals surface area contributed by atoms with Gasteiger partial charge < -0.3 is 5.73 Å². The van der Waals surface area contributed by atoms with Crippen molar-refractivity contribution in [2.75, 3.05) is 0 Å². The lowest BCUT2D eigenvalue weighted by Crippen LogP contribution is -2.28. The summed E-state index contributed by atoms with van der Waals surface area (Å²) < 4.78 is 3.02. The van der Waals surface area contributed by atoms with Gasteiger partial charge in [0, 0.05) is 11.7 Å². The summed E-state index contributed by atoms with van der Waals surface area (Å²) >= 11 is 2.27. The minimum atomic E-state index is -0.314. The van der Waals surface area contributed by atoms with Crippen LogP contribution in [0.3, 0.4) is 0 Å². The molecule has 2 rings (SSSR count). The van der Waals surface area contributed by atoms with Crippen molar-refractivity contribution in [3.8, 4) is 0 Å². The van der Waals surface area contributed by atoms with Gasteiger partial charge in [-0.2, -0.15) is 5.10 Å². The standard InChI is InChI=1S/C10H12IN3/c1-10(2,12)7-3-4-9-8(11)5-13-14(9)6-7/h3-6H,12H2,1-2H3. The van der Waals surface area contributed by atoms with E-state index in [1.165, 1.54) is 0 Å². The fourth-order valence-electron chi connectivity index (χ4n) is 1.33. The van der Waals surface area contributed by atoms with Gasteiger partial charge in [0.1, 0.15) is 0 Å². The molecule has 2 heterocycles. The van der Waals surface area contributed by atoms with Gasteiger partial charge in [0.25, 0.3) is 0 Å². The number of nitrogens with zero attached hydrogens (tertiary/aromatic N) is 2. The van der Waals surface area contributed by atoms with Crippen LogP contribution in [0.25, 0.3) is 5.52 Å². The van der Waals surface area contributed by atoms with E-state index < -0.39 is 0 Å². The summed E-state index contributed by atoms with van der Waals surface area (Å²) in [6, 6.07) is 4.11. The Morgan fingerprint density at radius 1 is 1.43 bits per heavy atom. The van der Waals surface area contributed by atoms with Crippen molar-refractivity contribution in [2.24, 2.45) is 5.73 Å². The van der Waals surface area contributed by atoms with Crippen LogP contribution in [0.5, 0.6) is 0 Å². The fourth-order valence-corrected chi connectivity index (χ4v) is 1.89. The molecular weight excluding hydrogens is 289 g/mol. The quantitative estimate of drug-likeness (QED) is 0.820. The van der Waals surface area contributed by atoms with Crippen LogP contribution in [0.1, 0.15) is 19.4 Å². The minimum absolute atomic E-state index is 0.314. The predicted molar refractivity (Wildman–Crippen MR) is 65.1 cm³/mol. The van der Waals surface area contributed by atoms with Crippen LogP contribution in [0.4, 0.5) is 0 Å². The smallest absolute Gasteiger partial charge is 0.0795 e. The van der Waals surface area contributed by atoms with Gasteiger partial charge in [0.15, 0.2) is 0 Å². The van der Waals surface area contributed by atoms with Crippen LogP contribution in [0, 0.1) is 3.57 Å². The first-order chi connectivity index (χ1) is 6.48. The van der Waals surface area contributed by atoms with Crippen molar-refractivity contribution in [3.63, 3.8) is 0 Å².